The third-order valence-electron chi connectivity index (χ3n) is 2.77. The normalized spacial score (nSPS) is 10.6. The maximum atomic E-state index is 12.1. The highest BCUT2D eigenvalue weighted by Crippen LogP contribution is 2.28. The van der Waals surface area contributed by atoms with Crippen LogP contribution in [0.5, 0.6) is 11.5 Å². The van der Waals surface area contributed by atoms with Gasteiger partial charge in [0, 0.05) is 4.47 Å². The van der Waals surface area contributed by atoms with Crippen molar-refractivity contribution >= 4 is 33.5 Å². The van der Waals surface area contributed by atoms with Crippen molar-refractivity contribution < 1.29 is 14.3 Å². The Bertz CT molecular complexity index is 653. The van der Waals surface area contributed by atoms with Gasteiger partial charge < -0.3 is 9.47 Å². The second-order valence-corrected chi connectivity index (χ2v) is 6.52. The van der Waals surface area contributed by atoms with E-state index in [0.29, 0.717) is 28.9 Å². The third-order valence-corrected chi connectivity index (χ3v) is 3.56. The van der Waals surface area contributed by atoms with Crippen LogP contribution in [0.1, 0.15) is 24.2 Å². The first-order valence-corrected chi connectivity index (χ1v) is 8.03. The molecule has 116 valence electrons. The second-order valence-electron chi connectivity index (χ2n) is 5.19. The molecular weight excluding hydrogens is 368 g/mol. The van der Waals surface area contributed by atoms with E-state index in [1.165, 1.54) is 0 Å². The van der Waals surface area contributed by atoms with Gasteiger partial charge in [-0.2, -0.15) is 0 Å². The standard InChI is InChI=1S/C17H16BrClO3/c1-11(2)10-21-14-6-3-12(4-7-14)17(20)22-16-8-5-13(18)9-15(16)19/h3-9,11H,10H2,1-2H3. The summed E-state index contributed by atoms with van der Waals surface area (Å²) in [7, 11) is 0. The lowest BCUT2D eigenvalue weighted by molar-refractivity contribution is 0.0735. The van der Waals surface area contributed by atoms with E-state index < -0.39 is 5.97 Å². The van der Waals surface area contributed by atoms with Gasteiger partial charge >= 0.3 is 5.97 Å². The first-order valence-electron chi connectivity index (χ1n) is 6.86. The van der Waals surface area contributed by atoms with E-state index in [1.54, 1.807) is 42.5 Å². The van der Waals surface area contributed by atoms with Gasteiger partial charge in [0.2, 0.25) is 0 Å². The van der Waals surface area contributed by atoms with Crippen molar-refractivity contribution in [1.29, 1.82) is 0 Å². The van der Waals surface area contributed by atoms with Gasteiger partial charge in [-0.3, -0.25) is 0 Å². The van der Waals surface area contributed by atoms with Crippen LogP contribution in [0.2, 0.25) is 5.02 Å². The largest absolute Gasteiger partial charge is 0.493 e. The van der Waals surface area contributed by atoms with Crippen LogP contribution in [-0.2, 0) is 0 Å². The van der Waals surface area contributed by atoms with Crippen molar-refractivity contribution in [2.24, 2.45) is 5.92 Å². The number of rotatable bonds is 5. The van der Waals surface area contributed by atoms with Crippen molar-refractivity contribution in [2.75, 3.05) is 6.61 Å². The Hall–Kier alpha value is -1.52. The van der Waals surface area contributed by atoms with E-state index >= 15 is 0 Å². The topological polar surface area (TPSA) is 35.5 Å². The van der Waals surface area contributed by atoms with Crippen LogP contribution in [0.3, 0.4) is 0 Å². The van der Waals surface area contributed by atoms with Crippen LogP contribution in [0.25, 0.3) is 0 Å². The summed E-state index contributed by atoms with van der Waals surface area (Å²) in [4.78, 5) is 12.1. The molecule has 0 saturated heterocycles. The molecule has 0 aliphatic carbocycles. The van der Waals surface area contributed by atoms with Crippen molar-refractivity contribution in [3.8, 4) is 11.5 Å². The molecule has 0 aromatic heterocycles. The number of esters is 1. The van der Waals surface area contributed by atoms with Crippen LogP contribution in [-0.4, -0.2) is 12.6 Å². The van der Waals surface area contributed by atoms with Gasteiger partial charge in [0.25, 0.3) is 0 Å². The molecule has 2 aromatic rings. The van der Waals surface area contributed by atoms with E-state index in [2.05, 4.69) is 29.8 Å². The summed E-state index contributed by atoms with van der Waals surface area (Å²) in [6.07, 6.45) is 0. The number of hydrogen-bond acceptors (Lipinski definition) is 3. The second kappa shape index (κ2) is 7.65. The number of ether oxygens (including phenoxy) is 2. The fourth-order valence-electron chi connectivity index (χ4n) is 1.67. The molecule has 0 spiro atoms. The van der Waals surface area contributed by atoms with E-state index in [0.717, 1.165) is 10.2 Å². The van der Waals surface area contributed by atoms with Crippen LogP contribution >= 0.6 is 27.5 Å². The van der Waals surface area contributed by atoms with E-state index in [-0.39, 0.29) is 0 Å². The molecule has 0 saturated carbocycles. The fraction of sp³-hybridized carbons (Fsp3) is 0.235. The van der Waals surface area contributed by atoms with Gasteiger partial charge in [0.05, 0.1) is 17.2 Å². The first-order chi connectivity index (χ1) is 10.5. The van der Waals surface area contributed by atoms with E-state index in [1.807, 2.05) is 0 Å². The highest BCUT2D eigenvalue weighted by atomic mass is 79.9. The Morgan fingerprint density at radius 2 is 1.86 bits per heavy atom. The van der Waals surface area contributed by atoms with E-state index in [4.69, 9.17) is 21.1 Å². The zero-order valence-electron chi connectivity index (χ0n) is 12.3. The molecule has 0 N–H and O–H groups in total. The Kier molecular flexibility index (Phi) is 5.86. The van der Waals surface area contributed by atoms with Crippen LogP contribution in [0, 0.1) is 5.92 Å². The number of benzene rings is 2. The molecular formula is C17H16BrClO3. The zero-order chi connectivity index (χ0) is 16.1. The summed E-state index contributed by atoms with van der Waals surface area (Å²) in [5, 5.41) is 0.375. The molecule has 0 atom stereocenters. The molecule has 0 unspecified atom stereocenters. The van der Waals surface area contributed by atoms with Gasteiger partial charge in [0.1, 0.15) is 11.5 Å². The Balaban J connectivity index is 2.03. The van der Waals surface area contributed by atoms with Gasteiger partial charge in [0.15, 0.2) is 0 Å². The highest BCUT2D eigenvalue weighted by molar-refractivity contribution is 9.10. The minimum atomic E-state index is -0.459. The first kappa shape index (κ1) is 16.8. The van der Waals surface area contributed by atoms with Crippen molar-refractivity contribution in [3.63, 3.8) is 0 Å². The SMILES string of the molecule is CC(C)COc1ccc(C(=O)Oc2ccc(Br)cc2Cl)cc1. The minimum absolute atomic E-state index is 0.329. The Labute approximate surface area is 143 Å². The fourth-order valence-corrected chi connectivity index (χ4v) is 2.38. The Morgan fingerprint density at radius 3 is 2.45 bits per heavy atom. The lowest BCUT2D eigenvalue weighted by Crippen LogP contribution is -2.09. The molecule has 3 nitrogen and oxygen atoms in total. The van der Waals surface area contributed by atoms with Gasteiger partial charge in [-0.05, 0) is 48.4 Å². The van der Waals surface area contributed by atoms with Crippen molar-refractivity contribution in [2.45, 2.75) is 13.8 Å². The lowest BCUT2D eigenvalue weighted by Gasteiger charge is -2.09. The summed E-state index contributed by atoms with van der Waals surface area (Å²) in [5.74, 6) is 1.05. The molecule has 0 amide bonds. The van der Waals surface area contributed by atoms with Gasteiger partial charge in [-0.25, -0.2) is 4.79 Å². The van der Waals surface area contributed by atoms with Crippen LogP contribution in [0.4, 0.5) is 0 Å². The molecule has 0 aliphatic rings. The highest BCUT2D eigenvalue weighted by Gasteiger charge is 2.11. The minimum Gasteiger partial charge on any atom is -0.493 e. The molecule has 22 heavy (non-hydrogen) atoms. The molecule has 0 radical (unpaired) electrons. The number of carbonyl (C=O) groups is 1. The lowest BCUT2D eigenvalue weighted by atomic mass is 10.2. The average molecular weight is 384 g/mol. The smallest absolute Gasteiger partial charge is 0.343 e. The third kappa shape index (κ3) is 4.75. The molecule has 5 heteroatoms. The summed E-state index contributed by atoms with van der Waals surface area (Å²) in [6.45, 7) is 4.79. The molecule has 2 rings (SSSR count). The average Bonchev–Trinajstić information content (AvgIpc) is 2.48. The van der Waals surface area contributed by atoms with Crippen LogP contribution in [0.15, 0.2) is 46.9 Å². The monoisotopic (exact) mass is 382 g/mol. The maximum absolute atomic E-state index is 12.1. The number of hydrogen-bond donors (Lipinski definition) is 0. The van der Waals surface area contributed by atoms with Crippen LogP contribution < -0.4 is 9.47 Å². The predicted octanol–water partition coefficient (Wildman–Crippen LogP) is 5.36. The number of halogens is 2. The molecule has 0 bridgehead atoms. The molecule has 0 fully saturated rings. The number of carbonyl (C=O) groups excluding carboxylic acids is 1. The summed E-state index contributed by atoms with van der Waals surface area (Å²) < 4.78 is 11.7. The van der Waals surface area contributed by atoms with Gasteiger partial charge in [-0.15, -0.1) is 0 Å². The van der Waals surface area contributed by atoms with E-state index in [9.17, 15) is 4.79 Å². The van der Waals surface area contributed by atoms with Crippen molar-refractivity contribution in [1.82, 2.24) is 0 Å². The van der Waals surface area contributed by atoms with Gasteiger partial charge in [-0.1, -0.05) is 41.4 Å². The predicted molar refractivity (Wildman–Crippen MR) is 90.9 cm³/mol. The summed E-state index contributed by atoms with van der Waals surface area (Å²) in [6, 6.07) is 11.9. The summed E-state index contributed by atoms with van der Waals surface area (Å²) >= 11 is 9.33. The Morgan fingerprint density at radius 1 is 1.18 bits per heavy atom. The zero-order valence-corrected chi connectivity index (χ0v) is 14.6. The molecule has 2 aromatic carbocycles. The molecule has 0 heterocycles. The van der Waals surface area contributed by atoms with Crippen molar-refractivity contribution in [3.05, 3.63) is 57.5 Å². The summed E-state index contributed by atoms with van der Waals surface area (Å²) in [5.41, 5.74) is 0.441. The molecule has 0 aliphatic heterocycles. The maximum Gasteiger partial charge on any atom is 0.343 e. The quantitative estimate of drug-likeness (QED) is 0.515.